The molecule has 0 aliphatic carbocycles. The summed E-state index contributed by atoms with van der Waals surface area (Å²) in [7, 11) is 0. The van der Waals surface area contributed by atoms with E-state index in [1.807, 2.05) is 6.07 Å². The largest absolute Gasteiger partial charge is 0.378 e. The molecule has 0 unspecified atom stereocenters. The molecule has 2 amide bonds. The molecular formula is C20H23N3O5. The SMILES string of the molecule is O=C(c1ccon1)N1CCC2(CC1)CN(C(=O)[C@@H](O)c1ccccc1)CCO2. The number of morpholine rings is 1. The number of hydrogen-bond donors (Lipinski definition) is 1. The number of benzene rings is 1. The number of piperidine rings is 1. The van der Waals surface area contributed by atoms with Crippen LogP contribution in [0.2, 0.25) is 0 Å². The molecule has 2 aliphatic heterocycles. The molecule has 148 valence electrons. The Morgan fingerprint density at radius 1 is 1.07 bits per heavy atom. The second kappa shape index (κ2) is 7.73. The van der Waals surface area contributed by atoms with Crippen molar-refractivity contribution in [1.82, 2.24) is 15.0 Å². The minimum Gasteiger partial charge on any atom is -0.378 e. The molecule has 28 heavy (non-hydrogen) atoms. The number of aromatic nitrogens is 1. The standard InChI is InChI=1S/C20H23N3O5/c24-17(15-4-2-1-3-5-15)19(26)23-11-13-27-20(14-23)7-9-22(10-8-20)18(25)16-6-12-28-21-16/h1-6,12,17,24H,7-11,13-14H2/t17-/m0/s1. The van der Waals surface area contributed by atoms with Gasteiger partial charge in [-0.3, -0.25) is 9.59 Å². The molecule has 4 rings (SSSR count). The highest BCUT2D eigenvalue weighted by Gasteiger charge is 2.43. The summed E-state index contributed by atoms with van der Waals surface area (Å²) in [4.78, 5) is 28.6. The maximum atomic E-state index is 12.8. The van der Waals surface area contributed by atoms with E-state index in [0.717, 1.165) is 0 Å². The van der Waals surface area contributed by atoms with E-state index in [4.69, 9.17) is 9.26 Å². The van der Waals surface area contributed by atoms with Gasteiger partial charge in [0.05, 0.1) is 12.2 Å². The Hall–Kier alpha value is -2.71. The Morgan fingerprint density at radius 3 is 2.50 bits per heavy atom. The van der Waals surface area contributed by atoms with Crippen LogP contribution >= 0.6 is 0 Å². The van der Waals surface area contributed by atoms with Crippen LogP contribution in [0.15, 0.2) is 47.2 Å². The lowest BCUT2D eigenvalue weighted by Gasteiger charge is -2.47. The van der Waals surface area contributed by atoms with Crippen molar-refractivity contribution >= 4 is 11.8 Å². The smallest absolute Gasteiger partial charge is 0.276 e. The van der Waals surface area contributed by atoms with Gasteiger partial charge >= 0.3 is 0 Å². The zero-order chi connectivity index (χ0) is 19.6. The molecular weight excluding hydrogens is 362 g/mol. The number of hydrogen-bond acceptors (Lipinski definition) is 6. The second-order valence-corrected chi connectivity index (χ2v) is 7.28. The van der Waals surface area contributed by atoms with Gasteiger partial charge in [0.25, 0.3) is 11.8 Å². The summed E-state index contributed by atoms with van der Waals surface area (Å²) >= 11 is 0. The summed E-state index contributed by atoms with van der Waals surface area (Å²) in [6.07, 6.45) is 1.46. The fourth-order valence-corrected chi connectivity index (χ4v) is 3.89. The van der Waals surface area contributed by atoms with Gasteiger partial charge in [0.2, 0.25) is 0 Å². The van der Waals surface area contributed by atoms with Crippen molar-refractivity contribution in [3.05, 3.63) is 53.9 Å². The normalized spacial score (nSPS) is 20.2. The third-order valence-corrected chi connectivity index (χ3v) is 5.53. The number of likely N-dealkylation sites (tertiary alicyclic amines) is 1. The molecule has 2 aromatic rings. The van der Waals surface area contributed by atoms with Gasteiger partial charge in [-0.15, -0.1) is 0 Å². The number of aliphatic hydroxyl groups excluding tert-OH is 1. The maximum Gasteiger partial charge on any atom is 0.276 e. The Bertz CT molecular complexity index is 816. The van der Waals surface area contributed by atoms with E-state index >= 15 is 0 Å². The predicted molar refractivity (Wildman–Crippen MR) is 98.3 cm³/mol. The van der Waals surface area contributed by atoms with Gasteiger partial charge in [-0.2, -0.15) is 0 Å². The van der Waals surface area contributed by atoms with Gasteiger partial charge in [0.15, 0.2) is 11.8 Å². The van der Waals surface area contributed by atoms with E-state index in [-0.39, 0.29) is 11.8 Å². The molecule has 0 radical (unpaired) electrons. The molecule has 1 aromatic carbocycles. The van der Waals surface area contributed by atoms with Crippen LogP contribution < -0.4 is 0 Å². The van der Waals surface area contributed by atoms with E-state index in [1.165, 1.54) is 6.26 Å². The molecule has 3 heterocycles. The van der Waals surface area contributed by atoms with E-state index < -0.39 is 11.7 Å². The lowest BCUT2D eigenvalue weighted by atomic mass is 9.89. The molecule has 0 saturated carbocycles. The Morgan fingerprint density at radius 2 is 1.82 bits per heavy atom. The van der Waals surface area contributed by atoms with Crippen molar-refractivity contribution in [1.29, 1.82) is 0 Å². The highest BCUT2D eigenvalue weighted by Crippen LogP contribution is 2.31. The van der Waals surface area contributed by atoms with Crippen molar-refractivity contribution in [3.63, 3.8) is 0 Å². The topological polar surface area (TPSA) is 96.1 Å². The lowest BCUT2D eigenvalue weighted by Crippen LogP contribution is -2.59. The number of nitrogens with zero attached hydrogens (tertiary/aromatic N) is 3. The molecule has 2 aliphatic rings. The van der Waals surface area contributed by atoms with Crippen LogP contribution in [0.5, 0.6) is 0 Å². The fraction of sp³-hybridized carbons (Fsp3) is 0.450. The van der Waals surface area contributed by atoms with Crippen LogP contribution in [0.1, 0.15) is 35.0 Å². The van der Waals surface area contributed by atoms with Gasteiger partial charge in [-0.05, 0) is 18.4 Å². The van der Waals surface area contributed by atoms with Crippen LogP contribution in [0.25, 0.3) is 0 Å². The van der Waals surface area contributed by atoms with Crippen molar-refractivity contribution < 1.29 is 24.0 Å². The average molecular weight is 385 g/mol. The van der Waals surface area contributed by atoms with Crippen molar-refractivity contribution in [2.24, 2.45) is 0 Å². The van der Waals surface area contributed by atoms with Gasteiger partial charge in [-0.25, -0.2) is 0 Å². The molecule has 0 bridgehead atoms. The van der Waals surface area contributed by atoms with E-state index in [9.17, 15) is 14.7 Å². The summed E-state index contributed by atoms with van der Waals surface area (Å²) < 4.78 is 10.8. The molecule has 1 atom stereocenters. The first-order valence-electron chi connectivity index (χ1n) is 9.43. The minimum atomic E-state index is -1.18. The number of carbonyl (C=O) groups is 2. The molecule has 8 heteroatoms. The number of amides is 2. The first-order valence-corrected chi connectivity index (χ1v) is 9.43. The van der Waals surface area contributed by atoms with Crippen LogP contribution in [-0.2, 0) is 9.53 Å². The molecule has 1 aromatic heterocycles. The van der Waals surface area contributed by atoms with Gasteiger partial charge in [0, 0.05) is 32.2 Å². The van der Waals surface area contributed by atoms with Crippen LogP contribution in [0.4, 0.5) is 0 Å². The minimum absolute atomic E-state index is 0.160. The highest BCUT2D eigenvalue weighted by molar-refractivity contribution is 5.92. The summed E-state index contributed by atoms with van der Waals surface area (Å²) in [6, 6.07) is 10.5. The number of rotatable bonds is 3. The van der Waals surface area contributed by atoms with Gasteiger partial charge in [0.1, 0.15) is 6.26 Å². The van der Waals surface area contributed by atoms with Gasteiger partial charge < -0.3 is 24.2 Å². The molecule has 8 nitrogen and oxygen atoms in total. The third-order valence-electron chi connectivity index (χ3n) is 5.53. The van der Waals surface area contributed by atoms with Crippen LogP contribution in [0.3, 0.4) is 0 Å². The fourth-order valence-electron chi connectivity index (χ4n) is 3.89. The van der Waals surface area contributed by atoms with Gasteiger partial charge in [-0.1, -0.05) is 35.5 Å². The summed E-state index contributed by atoms with van der Waals surface area (Å²) in [5.74, 6) is -0.471. The number of aliphatic hydroxyl groups is 1. The Kier molecular flexibility index (Phi) is 5.15. The third kappa shape index (κ3) is 3.65. The zero-order valence-corrected chi connectivity index (χ0v) is 15.5. The molecule has 2 saturated heterocycles. The highest BCUT2D eigenvalue weighted by atomic mass is 16.5. The van der Waals surface area contributed by atoms with E-state index in [0.29, 0.717) is 56.9 Å². The number of carbonyl (C=O) groups excluding carboxylic acids is 2. The van der Waals surface area contributed by atoms with Crippen molar-refractivity contribution in [2.75, 3.05) is 32.8 Å². The molecule has 2 fully saturated rings. The lowest BCUT2D eigenvalue weighted by molar-refractivity contribution is -0.165. The van der Waals surface area contributed by atoms with Crippen molar-refractivity contribution in [3.8, 4) is 0 Å². The predicted octanol–water partition coefficient (Wildman–Crippen LogP) is 1.24. The average Bonchev–Trinajstić information content (AvgIpc) is 3.28. The molecule has 1 spiro atoms. The summed E-state index contributed by atoms with van der Waals surface area (Å²) in [5.41, 5.74) is 0.398. The summed E-state index contributed by atoms with van der Waals surface area (Å²) in [6.45, 7) is 2.34. The van der Waals surface area contributed by atoms with Crippen LogP contribution in [0, 0.1) is 0 Å². The monoisotopic (exact) mass is 385 g/mol. The Labute approximate surface area is 162 Å². The first-order chi connectivity index (χ1) is 13.6. The van der Waals surface area contributed by atoms with E-state index in [2.05, 4.69) is 5.16 Å². The van der Waals surface area contributed by atoms with Crippen LogP contribution in [-0.4, -0.2) is 70.3 Å². The quantitative estimate of drug-likeness (QED) is 0.854. The summed E-state index contributed by atoms with van der Waals surface area (Å²) in [5, 5.41) is 14.1. The van der Waals surface area contributed by atoms with E-state index in [1.54, 1.807) is 40.1 Å². The number of ether oxygens (including phenoxy) is 1. The second-order valence-electron chi connectivity index (χ2n) is 7.28. The van der Waals surface area contributed by atoms with Crippen molar-refractivity contribution in [2.45, 2.75) is 24.5 Å². The Balaban J connectivity index is 1.39. The first kappa shape index (κ1) is 18.6. The maximum absolute atomic E-state index is 12.8. The molecule has 1 N–H and O–H groups in total. The zero-order valence-electron chi connectivity index (χ0n) is 15.5.